The summed E-state index contributed by atoms with van der Waals surface area (Å²) in [4.78, 5) is 12.7. The van der Waals surface area contributed by atoms with Crippen LogP contribution in [-0.4, -0.2) is 28.0 Å². The molecule has 9 heteroatoms. The van der Waals surface area contributed by atoms with E-state index < -0.39 is 17.6 Å². The van der Waals surface area contributed by atoms with Gasteiger partial charge in [-0.25, -0.2) is 4.68 Å². The Morgan fingerprint density at radius 1 is 1.18 bits per heavy atom. The summed E-state index contributed by atoms with van der Waals surface area (Å²) in [6.45, 7) is 1.91. The summed E-state index contributed by atoms with van der Waals surface area (Å²) in [7, 11) is 1.44. The first-order valence-corrected chi connectivity index (χ1v) is 8.29. The van der Waals surface area contributed by atoms with Gasteiger partial charge >= 0.3 is 6.18 Å². The molecule has 2 aromatic carbocycles. The fourth-order valence-electron chi connectivity index (χ4n) is 2.73. The minimum Gasteiger partial charge on any atom is -0.378 e. The molecule has 1 N–H and O–H groups in total. The van der Waals surface area contributed by atoms with Gasteiger partial charge in [0.25, 0.3) is 5.91 Å². The molecule has 6 nitrogen and oxygen atoms in total. The number of hydrogen-bond donors (Lipinski definition) is 1. The van der Waals surface area contributed by atoms with Crippen molar-refractivity contribution in [1.29, 1.82) is 0 Å². The number of anilines is 1. The van der Waals surface area contributed by atoms with Gasteiger partial charge in [0.1, 0.15) is 5.69 Å². The number of alkyl halides is 3. The van der Waals surface area contributed by atoms with Gasteiger partial charge in [0.2, 0.25) is 0 Å². The Labute approximate surface area is 158 Å². The molecule has 0 spiro atoms. The van der Waals surface area contributed by atoms with E-state index >= 15 is 0 Å². The Bertz CT molecular complexity index is 999. The lowest BCUT2D eigenvalue weighted by atomic mass is 10.1. The Kier molecular flexibility index (Phi) is 5.46. The predicted molar refractivity (Wildman–Crippen MR) is 96.2 cm³/mol. The third kappa shape index (κ3) is 4.04. The second kappa shape index (κ2) is 7.81. The first-order chi connectivity index (χ1) is 13.3. The number of ether oxygens (including phenoxy) is 1. The van der Waals surface area contributed by atoms with Crippen LogP contribution in [0.25, 0.3) is 5.69 Å². The molecular formula is C19H17F3N4O2. The fraction of sp³-hybridized carbons (Fsp3) is 0.211. The number of amides is 1. The summed E-state index contributed by atoms with van der Waals surface area (Å²) < 4.78 is 46.1. The van der Waals surface area contributed by atoms with Crippen molar-refractivity contribution in [1.82, 2.24) is 15.0 Å². The number of methoxy groups -OCH3 is 1. The number of nitrogens with one attached hydrogen (secondary N) is 1. The molecule has 146 valence electrons. The van der Waals surface area contributed by atoms with Gasteiger partial charge < -0.3 is 10.1 Å². The van der Waals surface area contributed by atoms with Gasteiger partial charge in [-0.15, -0.1) is 5.10 Å². The molecule has 0 atom stereocenters. The van der Waals surface area contributed by atoms with Crippen molar-refractivity contribution in [2.24, 2.45) is 0 Å². The summed E-state index contributed by atoms with van der Waals surface area (Å²) in [5.74, 6) is -0.803. The van der Waals surface area contributed by atoms with E-state index in [0.717, 1.165) is 11.6 Å². The average molecular weight is 390 g/mol. The molecule has 0 aliphatic heterocycles. The van der Waals surface area contributed by atoms with Gasteiger partial charge in [0.15, 0.2) is 5.69 Å². The zero-order valence-electron chi connectivity index (χ0n) is 15.1. The number of carbonyl (C=O) groups is 1. The van der Waals surface area contributed by atoms with Crippen LogP contribution in [0.3, 0.4) is 0 Å². The molecule has 3 aromatic rings. The van der Waals surface area contributed by atoms with Gasteiger partial charge in [0, 0.05) is 7.11 Å². The smallest absolute Gasteiger partial charge is 0.378 e. The van der Waals surface area contributed by atoms with Gasteiger partial charge in [-0.3, -0.25) is 4.79 Å². The van der Waals surface area contributed by atoms with Crippen molar-refractivity contribution < 1.29 is 22.7 Å². The number of aryl methyl sites for hydroxylation is 1. The standard InChI is InChI=1S/C19H17F3N4O2/c1-12-6-5-7-13(10-12)26-16(11-28-2)17(24-25-26)18(27)23-15-9-4-3-8-14(15)19(20,21)22/h3-10H,11H2,1-2H3,(H,23,27). The molecule has 1 heterocycles. The molecule has 0 aliphatic carbocycles. The molecule has 0 saturated heterocycles. The Hall–Kier alpha value is -3.20. The zero-order valence-corrected chi connectivity index (χ0v) is 15.1. The van der Waals surface area contributed by atoms with Crippen molar-refractivity contribution >= 4 is 11.6 Å². The van der Waals surface area contributed by atoms with E-state index in [1.807, 2.05) is 25.1 Å². The van der Waals surface area contributed by atoms with E-state index in [9.17, 15) is 18.0 Å². The number of para-hydroxylation sites is 1. The maximum atomic E-state index is 13.2. The maximum Gasteiger partial charge on any atom is 0.418 e. The van der Waals surface area contributed by atoms with E-state index in [4.69, 9.17) is 4.74 Å². The highest BCUT2D eigenvalue weighted by atomic mass is 19.4. The van der Waals surface area contributed by atoms with Crippen molar-refractivity contribution in [3.63, 3.8) is 0 Å². The molecule has 0 unspecified atom stereocenters. The molecule has 0 bridgehead atoms. The van der Waals surface area contributed by atoms with E-state index in [1.165, 1.54) is 30.0 Å². The largest absolute Gasteiger partial charge is 0.418 e. The van der Waals surface area contributed by atoms with Crippen LogP contribution in [0.2, 0.25) is 0 Å². The Morgan fingerprint density at radius 2 is 1.93 bits per heavy atom. The number of carbonyl (C=O) groups excluding carboxylic acids is 1. The van der Waals surface area contributed by atoms with E-state index in [1.54, 1.807) is 6.07 Å². The highest BCUT2D eigenvalue weighted by Gasteiger charge is 2.34. The van der Waals surface area contributed by atoms with Crippen LogP contribution in [0.15, 0.2) is 48.5 Å². The molecular weight excluding hydrogens is 373 g/mol. The first kappa shape index (κ1) is 19.6. The molecule has 0 aliphatic rings. The van der Waals surface area contributed by atoms with Crippen LogP contribution in [0.5, 0.6) is 0 Å². The zero-order chi connectivity index (χ0) is 20.3. The van der Waals surface area contributed by atoms with Crippen LogP contribution < -0.4 is 5.32 Å². The van der Waals surface area contributed by atoms with Crippen LogP contribution in [0, 0.1) is 6.92 Å². The number of benzene rings is 2. The lowest BCUT2D eigenvalue weighted by Gasteiger charge is -2.13. The molecule has 28 heavy (non-hydrogen) atoms. The highest BCUT2D eigenvalue weighted by molar-refractivity contribution is 6.04. The van der Waals surface area contributed by atoms with Gasteiger partial charge in [0.05, 0.1) is 23.5 Å². The van der Waals surface area contributed by atoms with Crippen molar-refractivity contribution in [2.75, 3.05) is 12.4 Å². The van der Waals surface area contributed by atoms with E-state index in [0.29, 0.717) is 11.4 Å². The van der Waals surface area contributed by atoms with E-state index in [2.05, 4.69) is 15.6 Å². The van der Waals surface area contributed by atoms with Crippen LogP contribution in [0.4, 0.5) is 18.9 Å². The number of nitrogens with zero attached hydrogens (tertiary/aromatic N) is 3. The average Bonchev–Trinajstić information content (AvgIpc) is 3.05. The Balaban J connectivity index is 1.97. The van der Waals surface area contributed by atoms with Gasteiger partial charge in [-0.1, -0.05) is 29.5 Å². The van der Waals surface area contributed by atoms with Crippen LogP contribution in [-0.2, 0) is 17.5 Å². The van der Waals surface area contributed by atoms with Crippen LogP contribution in [0.1, 0.15) is 27.3 Å². The predicted octanol–water partition coefficient (Wildman–Crippen LogP) is 3.99. The fourth-order valence-corrected chi connectivity index (χ4v) is 2.73. The lowest BCUT2D eigenvalue weighted by Crippen LogP contribution is -2.19. The third-order valence-electron chi connectivity index (χ3n) is 3.99. The number of rotatable bonds is 5. The summed E-state index contributed by atoms with van der Waals surface area (Å²) in [6.07, 6.45) is -4.60. The van der Waals surface area contributed by atoms with Gasteiger partial charge in [-0.2, -0.15) is 13.2 Å². The highest BCUT2D eigenvalue weighted by Crippen LogP contribution is 2.34. The second-order valence-electron chi connectivity index (χ2n) is 6.07. The van der Waals surface area contributed by atoms with Crippen LogP contribution >= 0.6 is 0 Å². The topological polar surface area (TPSA) is 69.0 Å². The molecule has 0 fully saturated rings. The Morgan fingerprint density at radius 3 is 2.61 bits per heavy atom. The quantitative estimate of drug-likeness (QED) is 0.715. The number of hydrogen-bond acceptors (Lipinski definition) is 4. The summed E-state index contributed by atoms with van der Waals surface area (Å²) in [6, 6.07) is 12.1. The first-order valence-electron chi connectivity index (χ1n) is 8.29. The normalized spacial score (nSPS) is 11.5. The third-order valence-corrected chi connectivity index (χ3v) is 3.99. The monoisotopic (exact) mass is 390 g/mol. The molecule has 0 radical (unpaired) electrons. The number of halogens is 3. The minimum absolute atomic E-state index is 0.00458. The SMILES string of the molecule is COCc1c(C(=O)Nc2ccccc2C(F)(F)F)nnn1-c1cccc(C)c1. The molecule has 3 rings (SSSR count). The van der Waals surface area contributed by atoms with E-state index in [-0.39, 0.29) is 18.0 Å². The van der Waals surface area contributed by atoms with Crippen molar-refractivity contribution in [3.8, 4) is 5.69 Å². The summed E-state index contributed by atoms with van der Waals surface area (Å²) in [5, 5.41) is 10.1. The molecule has 0 saturated carbocycles. The van der Waals surface area contributed by atoms with Gasteiger partial charge in [-0.05, 0) is 36.8 Å². The summed E-state index contributed by atoms with van der Waals surface area (Å²) >= 11 is 0. The van der Waals surface area contributed by atoms with Crippen molar-refractivity contribution in [3.05, 3.63) is 71.0 Å². The molecule has 1 amide bonds. The number of aromatic nitrogens is 3. The second-order valence-corrected chi connectivity index (χ2v) is 6.07. The lowest BCUT2D eigenvalue weighted by molar-refractivity contribution is -0.136. The summed E-state index contributed by atoms with van der Waals surface area (Å²) in [5.41, 5.74) is 0.558. The van der Waals surface area contributed by atoms with Crippen molar-refractivity contribution in [2.45, 2.75) is 19.7 Å². The molecule has 1 aromatic heterocycles. The maximum absolute atomic E-state index is 13.2. The minimum atomic E-state index is -4.60.